The number of fused-ring (bicyclic) bond motifs is 2. The minimum atomic E-state index is -0.949. The molecule has 1 N–H and O–H groups in total. The summed E-state index contributed by atoms with van der Waals surface area (Å²) in [6.07, 6.45) is 4.07. The number of benzene rings is 4. The minimum absolute atomic E-state index is 0.0601. The molecule has 3 heterocycles. The first-order valence-electron chi connectivity index (χ1n) is 18.0. The maximum absolute atomic E-state index is 15.4. The SMILES string of the molecule is C=CCN(C(=O)C1N([C@H](CO)c2ccccc2)C(=O)[C@@H]2[C@H](C(=O)N(CC=C)c3ccc(OCC)cc3)[C@@H]3CC(C)C12S3)c1ccc2ccccc2c1. The van der Waals surface area contributed by atoms with Gasteiger partial charge in [0.1, 0.15) is 11.8 Å². The Hall–Kier alpha value is -4.86. The summed E-state index contributed by atoms with van der Waals surface area (Å²) in [4.78, 5) is 50.6. The fourth-order valence-corrected chi connectivity index (χ4v) is 11.2. The molecule has 3 saturated heterocycles. The van der Waals surface area contributed by atoms with Gasteiger partial charge in [-0.3, -0.25) is 14.4 Å². The molecule has 7 atom stereocenters. The highest BCUT2D eigenvalue weighted by molar-refractivity contribution is 8.02. The normalized spacial score (nSPS) is 25.1. The van der Waals surface area contributed by atoms with Crippen LogP contribution in [0.15, 0.2) is 122 Å². The fourth-order valence-electron chi connectivity index (χ4n) is 8.85. The molecule has 0 saturated carbocycles. The lowest BCUT2D eigenvalue weighted by atomic mass is 9.65. The van der Waals surface area contributed by atoms with E-state index < -0.39 is 28.7 Å². The predicted molar refractivity (Wildman–Crippen MR) is 208 cm³/mol. The van der Waals surface area contributed by atoms with E-state index in [1.165, 1.54) is 0 Å². The van der Waals surface area contributed by atoms with Gasteiger partial charge in [-0.2, -0.15) is 0 Å². The molecule has 7 rings (SSSR count). The number of rotatable bonds is 13. The Morgan fingerprint density at radius 2 is 1.56 bits per heavy atom. The van der Waals surface area contributed by atoms with Crippen LogP contribution in [0.2, 0.25) is 0 Å². The van der Waals surface area contributed by atoms with Crippen LogP contribution in [0.3, 0.4) is 0 Å². The largest absolute Gasteiger partial charge is 0.494 e. The fraction of sp³-hybridized carbons (Fsp3) is 0.326. The third-order valence-electron chi connectivity index (χ3n) is 11.1. The molecular formula is C43H45N3O5S. The zero-order valence-corrected chi connectivity index (χ0v) is 30.5. The van der Waals surface area contributed by atoms with Gasteiger partial charge in [0.05, 0.1) is 35.8 Å². The van der Waals surface area contributed by atoms with Gasteiger partial charge < -0.3 is 24.5 Å². The summed E-state index contributed by atoms with van der Waals surface area (Å²) in [6, 6.07) is 28.9. The molecule has 3 aliphatic heterocycles. The highest BCUT2D eigenvalue weighted by Gasteiger charge is 2.77. The summed E-state index contributed by atoms with van der Waals surface area (Å²) in [5.74, 6) is -1.50. The number of carbonyl (C=O) groups excluding carboxylic acids is 3. The molecule has 4 aromatic carbocycles. The van der Waals surface area contributed by atoms with Crippen molar-refractivity contribution in [1.82, 2.24) is 4.90 Å². The van der Waals surface area contributed by atoms with Gasteiger partial charge in [0.15, 0.2) is 0 Å². The molecule has 52 heavy (non-hydrogen) atoms. The van der Waals surface area contributed by atoms with Crippen LogP contribution in [0.5, 0.6) is 5.75 Å². The number of thioether (sulfide) groups is 1. The number of ether oxygens (including phenoxy) is 1. The first-order chi connectivity index (χ1) is 25.3. The zero-order chi connectivity index (χ0) is 36.6. The molecule has 8 nitrogen and oxygen atoms in total. The smallest absolute Gasteiger partial charge is 0.251 e. The Balaban J connectivity index is 1.35. The van der Waals surface area contributed by atoms with E-state index in [1.807, 2.05) is 104 Å². The van der Waals surface area contributed by atoms with Crippen molar-refractivity contribution in [2.75, 3.05) is 36.1 Å². The summed E-state index contributed by atoms with van der Waals surface area (Å²) in [5, 5.41) is 12.9. The number of aliphatic hydroxyl groups excluding tert-OH is 1. The summed E-state index contributed by atoms with van der Waals surface area (Å²) < 4.78 is 4.74. The predicted octanol–water partition coefficient (Wildman–Crippen LogP) is 7.05. The van der Waals surface area contributed by atoms with E-state index in [0.29, 0.717) is 30.2 Å². The third kappa shape index (κ3) is 5.80. The second-order valence-electron chi connectivity index (χ2n) is 13.8. The van der Waals surface area contributed by atoms with Crippen molar-refractivity contribution in [2.45, 2.75) is 42.3 Å². The number of hydrogen-bond acceptors (Lipinski definition) is 6. The number of aliphatic hydroxyl groups is 1. The quantitative estimate of drug-likeness (QED) is 0.149. The molecule has 0 aromatic heterocycles. The Labute approximate surface area is 309 Å². The molecule has 3 amide bonds. The lowest BCUT2D eigenvalue weighted by molar-refractivity contribution is -0.142. The van der Waals surface area contributed by atoms with Gasteiger partial charge in [0.2, 0.25) is 11.8 Å². The number of carbonyl (C=O) groups is 3. The molecular weight excluding hydrogens is 671 g/mol. The number of anilines is 2. The monoisotopic (exact) mass is 715 g/mol. The Kier molecular flexibility index (Phi) is 10.0. The second-order valence-corrected chi connectivity index (χ2v) is 15.4. The van der Waals surface area contributed by atoms with Crippen LogP contribution < -0.4 is 14.5 Å². The number of likely N-dealkylation sites (tertiary alicyclic amines) is 1. The molecule has 268 valence electrons. The van der Waals surface area contributed by atoms with Gasteiger partial charge in [-0.05, 0) is 72.0 Å². The number of amides is 3. The van der Waals surface area contributed by atoms with Gasteiger partial charge in [-0.1, -0.05) is 79.7 Å². The summed E-state index contributed by atoms with van der Waals surface area (Å²) >= 11 is 1.62. The van der Waals surface area contributed by atoms with Crippen LogP contribution in [-0.4, -0.2) is 70.1 Å². The van der Waals surface area contributed by atoms with E-state index in [2.05, 4.69) is 20.1 Å². The third-order valence-corrected chi connectivity index (χ3v) is 13.1. The lowest BCUT2D eigenvalue weighted by Crippen LogP contribution is -2.58. The van der Waals surface area contributed by atoms with E-state index in [4.69, 9.17) is 4.74 Å². The molecule has 3 fully saturated rings. The average molecular weight is 716 g/mol. The molecule has 0 radical (unpaired) electrons. The highest BCUT2D eigenvalue weighted by Crippen LogP contribution is 2.69. The van der Waals surface area contributed by atoms with Gasteiger partial charge in [0, 0.05) is 29.7 Å². The zero-order valence-electron chi connectivity index (χ0n) is 29.6. The second kappa shape index (κ2) is 14.6. The highest BCUT2D eigenvalue weighted by atomic mass is 32.2. The maximum atomic E-state index is 15.4. The molecule has 3 aliphatic rings. The van der Waals surface area contributed by atoms with E-state index in [0.717, 1.165) is 16.3 Å². The van der Waals surface area contributed by atoms with Crippen LogP contribution in [0.4, 0.5) is 11.4 Å². The molecule has 9 heteroatoms. The molecule has 3 unspecified atom stereocenters. The number of nitrogens with zero attached hydrogens (tertiary/aromatic N) is 3. The molecule has 0 aliphatic carbocycles. The van der Waals surface area contributed by atoms with Crippen LogP contribution in [0.25, 0.3) is 10.8 Å². The van der Waals surface area contributed by atoms with E-state index in [9.17, 15) is 9.90 Å². The van der Waals surface area contributed by atoms with Crippen molar-refractivity contribution < 1.29 is 24.2 Å². The van der Waals surface area contributed by atoms with Gasteiger partial charge in [-0.25, -0.2) is 0 Å². The van der Waals surface area contributed by atoms with Gasteiger partial charge in [-0.15, -0.1) is 24.9 Å². The Morgan fingerprint density at radius 3 is 2.21 bits per heavy atom. The summed E-state index contributed by atoms with van der Waals surface area (Å²) in [5.41, 5.74) is 2.11. The van der Waals surface area contributed by atoms with Crippen LogP contribution in [0.1, 0.15) is 31.9 Å². The number of hydrogen-bond donors (Lipinski definition) is 1. The Morgan fingerprint density at radius 1 is 0.923 bits per heavy atom. The average Bonchev–Trinajstić information content (AvgIpc) is 3.77. The van der Waals surface area contributed by atoms with Crippen molar-refractivity contribution in [3.05, 3.63) is 128 Å². The minimum Gasteiger partial charge on any atom is -0.494 e. The van der Waals surface area contributed by atoms with E-state index >= 15 is 9.59 Å². The first kappa shape index (κ1) is 35.5. The molecule has 2 bridgehead atoms. The van der Waals surface area contributed by atoms with Gasteiger partial charge in [0.25, 0.3) is 5.91 Å². The van der Waals surface area contributed by atoms with Crippen LogP contribution in [0, 0.1) is 17.8 Å². The van der Waals surface area contributed by atoms with Crippen LogP contribution in [-0.2, 0) is 14.4 Å². The van der Waals surface area contributed by atoms with Gasteiger partial charge >= 0.3 is 0 Å². The van der Waals surface area contributed by atoms with Crippen molar-refractivity contribution >= 4 is 51.6 Å². The summed E-state index contributed by atoms with van der Waals surface area (Å²) in [6.45, 7) is 12.6. The lowest BCUT2D eigenvalue weighted by Gasteiger charge is -2.42. The van der Waals surface area contributed by atoms with Crippen molar-refractivity contribution in [3.8, 4) is 5.75 Å². The van der Waals surface area contributed by atoms with Crippen molar-refractivity contribution in [2.24, 2.45) is 17.8 Å². The molecule has 1 spiro atoms. The van der Waals surface area contributed by atoms with E-state index in [-0.39, 0.29) is 48.6 Å². The van der Waals surface area contributed by atoms with E-state index in [1.54, 1.807) is 38.6 Å². The van der Waals surface area contributed by atoms with Crippen molar-refractivity contribution in [3.63, 3.8) is 0 Å². The Bertz CT molecular complexity index is 1990. The first-order valence-corrected chi connectivity index (χ1v) is 18.9. The maximum Gasteiger partial charge on any atom is 0.251 e. The van der Waals surface area contributed by atoms with Crippen molar-refractivity contribution in [1.29, 1.82) is 0 Å². The molecule has 4 aromatic rings. The standard InChI is InChI=1S/C43H45N3O5S/c1-5-23-44(32-19-21-34(22-20-32)51-7-3)40(48)37-36-25-28(4)43(52-36)38(37)41(49)46(35(27-47)30-14-9-8-10-15-30)39(43)42(50)45(24-6-2)33-18-17-29-13-11-12-16-31(29)26-33/h5-6,8-22,26,28,35-39,47H,1-2,7,23-25,27H2,3-4H3/t28?,35-,36+,37-,38+,39?,43?/m1/s1. The van der Waals surface area contributed by atoms with Crippen LogP contribution >= 0.6 is 11.8 Å². The summed E-state index contributed by atoms with van der Waals surface area (Å²) in [7, 11) is 0. The topological polar surface area (TPSA) is 90.4 Å².